The molecule has 0 saturated carbocycles. The van der Waals surface area contributed by atoms with Crippen LogP contribution in [-0.4, -0.2) is 14.7 Å². The third-order valence-electron chi connectivity index (χ3n) is 4.89. The number of allylic oxidation sites excluding steroid dienone is 2. The first-order valence-corrected chi connectivity index (χ1v) is 10.2. The van der Waals surface area contributed by atoms with Gasteiger partial charge in [-0.1, -0.05) is 0 Å². The molecule has 0 saturated heterocycles. The van der Waals surface area contributed by atoms with E-state index in [1.54, 1.807) is 0 Å². The summed E-state index contributed by atoms with van der Waals surface area (Å²) in [6.07, 6.45) is 5.83. The first-order valence-electron chi connectivity index (χ1n) is 8.23. The van der Waals surface area contributed by atoms with Crippen molar-refractivity contribution in [3.63, 3.8) is 0 Å². The number of aromatic nitrogens is 1. The second kappa shape index (κ2) is 5.95. The van der Waals surface area contributed by atoms with Crippen molar-refractivity contribution < 1.29 is 3.07 Å². The van der Waals surface area contributed by atoms with E-state index in [-0.39, 0.29) is 21.1 Å². The summed E-state index contributed by atoms with van der Waals surface area (Å²) in [7, 11) is 0. The molecule has 4 nitrogen and oxygen atoms in total. The maximum atomic E-state index is 7.81. The molecule has 3 N–H and O–H groups in total. The molecule has 2 heterocycles. The van der Waals surface area contributed by atoms with Gasteiger partial charge in [0.1, 0.15) is 26.9 Å². The molecule has 0 spiro atoms. The molecule has 0 bridgehead atoms. The average molecular weight is 433 g/mol. The highest BCUT2D eigenvalue weighted by molar-refractivity contribution is 14.2. The van der Waals surface area contributed by atoms with Gasteiger partial charge in [0.05, 0.1) is 16.8 Å². The second-order valence-corrected chi connectivity index (χ2v) is 8.85. The SMILES string of the molecule is CC1=IOC(C)=C1c1nc2ccc(N)c(C=N)c2c2c1CCCC2. The summed E-state index contributed by atoms with van der Waals surface area (Å²) < 4.78 is 7.21. The van der Waals surface area contributed by atoms with Crippen LogP contribution in [0.5, 0.6) is 0 Å². The van der Waals surface area contributed by atoms with Gasteiger partial charge in [0, 0.05) is 26.4 Å². The van der Waals surface area contributed by atoms with Gasteiger partial charge in [-0.25, -0.2) is 4.98 Å². The fraction of sp³-hybridized carbons (Fsp3) is 0.316. The van der Waals surface area contributed by atoms with Gasteiger partial charge in [-0.15, -0.1) is 0 Å². The number of nitrogens with zero attached hydrogens (tertiary/aromatic N) is 1. The van der Waals surface area contributed by atoms with Crippen LogP contribution in [0.1, 0.15) is 49.1 Å². The largest absolute Gasteiger partial charge is 0.439 e. The number of fused-ring (bicyclic) bond motifs is 3. The Balaban J connectivity index is 2.11. The number of rotatable bonds is 2. The van der Waals surface area contributed by atoms with Crippen LogP contribution < -0.4 is 5.73 Å². The average Bonchev–Trinajstić information content (AvgIpc) is 2.93. The zero-order valence-electron chi connectivity index (χ0n) is 13.9. The minimum absolute atomic E-state index is 0.354. The van der Waals surface area contributed by atoms with E-state index in [0.717, 1.165) is 40.8 Å². The molecule has 1 aliphatic heterocycles. The molecule has 1 aliphatic carbocycles. The van der Waals surface area contributed by atoms with Crippen molar-refractivity contribution in [2.24, 2.45) is 0 Å². The Bertz CT molecular complexity index is 944. The zero-order chi connectivity index (χ0) is 16.8. The predicted molar refractivity (Wildman–Crippen MR) is 109 cm³/mol. The van der Waals surface area contributed by atoms with Crippen LogP contribution in [0.3, 0.4) is 0 Å². The normalized spacial score (nSPS) is 17.2. The Morgan fingerprint density at radius 1 is 1.21 bits per heavy atom. The Morgan fingerprint density at radius 3 is 2.62 bits per heavy atom. The molecule has 0 radical (unpaired) electrons. The molecule has 0 unspecified atom stereocenters. The van der Waals surface area contributed by atoms with E-state index in [1.165, 1.54) is 39.3 Å². The van der Waals surface area contributed by atoms with E-state index in [4.69, 9.17) is 19.2 Å². The van der Waals surface area contributed by atoms with Crippen molar-refractivity contribution >= 4 is 53.0 Å². The number of hydrogen-bond acceptors (Lipinski definition) is 4. The third kappa shape index (κ3) is 2.29. The number of nitrogens with one attached hydrogen (secondary N) is 1. The lowest BCUT2D eigenvalue weighted by atomic mass is 9.84. The quantitative estimate of drug-likeness (QED) is 0.415. The number of anilines is 1. The first kappa shape index (κ1) is 15.7. The summed E-state index contributed by atoms with van der Waals surface area (Å²) in [6.45, 7) is 4.23. The van der Waals surface area contributed by atoms with Gasteiger partial charge in [-0.3, -0.25) is 0 Å². The van der Waals surface area contributed by atoms with Gasteiger partial charge in [0.25, 0.3) is 0 Å². The summed E-state index contributed by atoms with van der Waals surface area (Å²) in [4.78, 5) is 5.02. The maximum Gasteiger partial charge on any atom is 0.117 e. The second-order valence-electron chi connectivity index (χ2n) is 6.35. The smallest absolute Gasteiger partial charge is 0.117 e. The molecule has 0 atom stereocenters. The summed E-state index contributed by atoms with van der Waals surface area (Å²) in [5, 5.41) is 8.88. The monoisotopic (exact) mass is 433 g/mol. The van der Waals surface area contributed by atoms with Crippen molar-refractivity contribution in [1.82, 2.24) is 4.98 Å². The molecular formula is C19H20IN3O. The molecule has 0 fully saturated rings. The highest BCUT2D eigenvalue weighted by atomic mass is 127. The van der Waals surface area contributed by atoms with Gasteiger partial charge in [0.15, 0.2) is 0 Å². The molecule has 4 rings (SSSR count). The third-order valence-corrected chi connectivity index (χ3v) is 6.97. The van der Waals surface area contributed by atoms with Crippen LogP contribution in [0.25, 0.3) is 16.5 Å². The minimum atomic E-state index is -0.354. The number of nitrogen functional groups attached to an aromatic ring is 1. The van der Waals surface area contributed by atoms with Crippen molar-refractivity contribution in [3.8, 4) is 0 Å². The van der Waals surface area contributed by atoms with Crippen LogP contribution in [-0.2, 0) is 15.9 Å². The van der Waals surface area contributed by atoms with Crippen molar-refractivity contribution in [3.05, 3.63) is 40.3 Å². The fourth-order valence-electron chi connectivity index (χ4n) is 3.79. The number of pyridine rings is 1. The van der Waals surface area contributed by atoms with E-state index in [2.05, 4.69) is 13.8 Å². The zero-order valence-corrected chi connectivity index (χ0v) is 16.0. The van der Waals surface area contributed by atoms with Crippen molar-refractivity contribution in [2.75, 3.05) is 5.73 Å². The van der Waals surface area contributed by atoms with Crippen LogP contribution in [0.15, 0.2) is 17.9 Å². The molecule has 1 aromatic heterocycles. The number of nitrogens with two attached hydrogens (primary N) is 1. The summed E-state index contributed by atoms with van der Waals surface area (Å²) in [5.74, 6) is 1.02. The van der Waals surface area contributed by atoms with E-state index in [1.807, 2.05) is 12.1 Å². The van der Waals surface area contributed by atoms with Gasteiger partial charge in [-0.2, -0.15) is 0 Å². The topological polar surface area (TPSA) is 72.0 Å². The molecule has 5 heteroatoms. The Kier molecular flexibility index (Phi) is 3.90. The van der Waals surface area contributed by atoms with Crippen LogP contribution in [0.2, 0.25) is 0 Å². The van der Waals surface area contributed by atoms with E-state index in [9.17, 15) is 0 Å². The minimum Gasteiger partial charge on any atom is -0.439 e. The maximum absolute atomic E-state index is 7.81. The molecule has 24 heavy (non-hydrogen) atoms. The first-order chi connectivity index (χ1) is 11.6. The lowest BCUT2D eigenvalue weighted by Crippen LogP contribution is -2.12. The van der Waals surface area contributed by atoms with Crippen LogP contribution in [0.4, 0.5) is 5.69 Å². The number of aryl methyl sites for hydroxylation is 1. The fourth-order valence-corrected chi connectivity index (χ4v) is 5.53. The standard InChI is InChI=1S/C19H20IN3O/c1-10-17(11(2)24-20-10)19-13-6-4-3-5-12(13)18-14(9-21)15(22)7-8-16(18)23-19/h7-9,21H,3-6,22H2,1-2H3. The molecule has 2 aliphatic rings. The number of hydrogen-bond donors (Lipinski definition) is 2. The molecule has 2 aromatic rings. The van der Waals surface area contributed by atoms with Gasteiger partial charge in [0.2, 0.25) is 0 Å². The van der Waals surface area contributed by atoms with Crippen LogP contribution in [0, 0.1) is 5.41 Å². The van der Waals surface area contributed by atoms with Crippen molar-refractivity contribution in [2.45, 2.75) is 39.5 Å². The molecule has 1 aromatic carbocycles. The van der Waals surface area contributed by atoms with E-state index in [0.29, 0.717) is 5.69 Å². The highest BCUT2D eigenvalue weighted by Crippen LogP contribution is 2.40. The predicted octanol–water partition coefficient (Wildman–Crippen LogP) is 4.53. The Hall–Kier alpha value is -1.76. The Labute approximate surface area is 151 Å². The summed E-state index contributed by atoms with van der Waals surface area (Å²) in [6, 6.07) is 3.86. The molecule has 0 amide bonds. The molecular weight excluding hydrogens is 413 g/mol. The summed E-state index contributed by atoms with van der Waals surface area (Å²) >= 11 is -0.354. The van der Waals surface area contributed by atoms with Gasteiger partial charge < -0.3 is 14.2 Å². The lowest BCUT2D eigenvalue weighted by Gasteiger charge is -2.23. The van der Waals surface area contributed by atoms with Crippen LogP contribution >= 0.6 is 21.1 Å². The van der Waals surface area contributed by atoms with Gasteiger partial charge >= 0.3 is 0 Å². The van der Waals surface area contributed by atoms with E-state index >= 15 is 0 Å². The van der Waals surface area contributed by atoms with E-state index < -0.39 is 0 Å². The lowest BCUT2D eigenvalue weighted by molar-refractivity contribution is 0.570. The number of halogens is 1. The number of benzene rings is 1. The molecule has 124 valence electrons. The van der Waals surface area contributed by atoms with Crippen molar-refractivity contribution in [1.29, 1.82) is 5.41 Å². The summed E-state index contributed by atoms with van der Waals surface area (Å²) in [5.41, 5.74) is 13.5. The highest BCUT2D eigenvalue weighted by Gasteiger charge is 2.26. The Morgan fingerprint density at radius 2 is 1.96 bits per heavy atom. The van der Waals surface area contributed by atoms with Gasteiger partial charge in [-0.05, 0) is 62.8 Å².